The van der Waals surface area contributed by atoms with E-state index in [1.807, 2.05) is 18.2 Å². The average Bonchev–Trinajstić information content (AvgIpc) is 3.34. The summed E-state index contributed by atoms with van der Waals surface area (Å²) in [5, 5.41) is 7.68. The standard InChI is InChI=1S/C20H22FN5O2/c1-26-20(9-17(25-26)18-11-27-12-24-18)28-19-8-14(21)3-4-15(19)16-5-2-13(6-7-22)10-23-16/h2-5,8-10,18,24H,6-7,11-12,22H2,1H3. The molecular formula is C20H22FN5O2. The van der Waals surface area contributed by atoms with E-state index in [-0.39, 0.29) is 11.9 Å². The Morgan fingerprint density at radius 1 is 1.32 bits per heavy atom. The maximum Gasteiger partial charge on any atom is 0.217 e. The van der Waals surface area contributed by atoms with Crippen LogP contribution in [0, 0.1) is 5.82 Å². The SMILES string of the molecule is Cn1nc(C2COCN2)cc1Oc1cc(F)ccc1-c1ccc(CCN)cn1. The summed E-state index contributed by atoms with van der Waals surface area (Å²) in [4.78, 5) is 4.48. The summed E-state index contributed by atoms with van der Waals surface area (Å²) in [6.45, 7) is 1.62. The van der Waals surface area contributed by atoms with Gasteiger partial charge in [-0.05, 0) is 36.7 Å². The molecule has 2 aromatic heterocycles. The van der Waals surface area contributed by atoms with Crippen LogP contribution in [0.15, 0.2) is 42.6 Å². The van der Waals surface area contributed by atoms with E-state index < -0.39 is 0 Å². The fraction of sp³-hybridized carbons (Fsp3) is 0.300. The second kappa shape index (κ2) is 8.05. The first-order valence-electron chi connectivity index (χ1n) is 9.12. The molecule has 1 atom stereocenters. The predicted molar refractivity (Wildman–Crippen MR) is 102 cm³/mol. The molecule has 1 unspecified atom stereocenters. The van der Waals surface area contributed by atoms with Gasteiger partial charge in [0.2, 0.25) is 5.88 Å². The summed E-state index contributed by atoms with van der Waals surface area (Å²) < 4.78 is 26.9. The lowest BCUT2D eigenvalue weighted by molar-refractivity contribution is 0.189. The zero-order valence-corrected chi connectivity index (χ0v) is 15.6. The minimum absolute atomic E-state index is 0.0206. The Morgan fingerprint density at radius 3 is 2.93 bits per heavy atom. The Balaban J connectivity index is 1.63. The highest BCUT2D eigenvalue weighted by Gasteiger charge is 2.22. The number of rotatable bonds is 6. The first-order chi connectivity index (χ1) is 13.6. The zero-order chi connectivity index (χ0) is 19.5. The number of benzene rings is 1. The molecule has 1 saturated heterocycles. The quantitative estimate of drug-likeness (QED) is 0.680. The van der Waals surface area contributed by atoms with Gasteiger partial charge in [0.05, 0.1) is 30.8 Å². The minimum Gasteiger partial charge on any atom is -0.438 e. The number of aromatic nitrogens is 3. The fourth-order valence-electron chi connectivity index (χ4n) is 3.13. The van der Waals surface area contributed by atoms with E-state index in [0.717, 1.165) is 17.7 Å². The second-order valence-electron chi connectivity index (χ2n) is 6.64. The molecule has 0 saturated carbocycles. The van der Waals surface area contributed by atoms with Gasteiger partial charge >= 0.3 is 0 Å². The third-order valence-electron chi connectivity index (χ3n) is 4.62. The van der Waals surface area contributed by atoms with Crippen LogP contribution in [-0.2, 0) is 18.2 Å². The van der Waals surface area contributed by atoms with Gasteiger partial charge in [0.25, 0.3) is 0 Å². The van der Waals surface area contributed by atoms with Crippen LogP contribution in [0.5, 0.6) is 11.6 Å². The van der Waals surface area contributed by atoms with Crippen molar-refractivity contribution in [1.29, 1.82) is 0 Å². The van der Waals surface area contributed by atoms with E-state index >= 15 is 0 Å². The Bertz CT molecular complexity index is 952. The summed E-state index contributed by atoms with van der Waals surface area (Å²) in [6, 6.07) is 10.1. The molecule has 7 nitrogen and oxygen atoms in total. The smallest absolute Gasteiger partial charge is 0.217 e. The summed E-state index contributed by atoms with van der Waals surface area (Å²) in [5.74, 6) is 0.506. The molecule has 0 spiro atoms. The lowest BCUT2D eigenvalue weighted by Crippen LogP contribution is -2.15. The number of ether oxygens (including phenoxy) is 2. The molecule has 0 radical (unpaired) electrons. The van der Waals surface area contributed by atoms with Gasteiger partial charge in [-0.1, -0.05) is 6.07 Å². The Hall–Kier alpha value is -2.81. The highest BCUT2D eigenvalue weighted by Crippen LogP contribution is 2.34. The molecule has 1 aliphatic rings. The van der Waals surface area contributed by atoms with E-state index in [2.05, 4.69) is 15.4 Å². The van der Waals surface area contributed by atoms with Crippen LogP contribution in [0.3, 0.4) is 0 Å². The predicted octanol–water partition coefficient (Wildman–Crippen LogP) is 2.53. The van der Waals surface area contributed by atoms with Gasteiger partial charge in [-0.2, -0.15) is 5.10 Å². The Kier molecular flexibility index (Phi) is 5.34. The molecule has 1 fully saturated rings. The average molecular weight is 383 g/mol. The molecule has 0 bridgehead atoms. The molecule has 146 valence electrons. The molecule has 0 amide bonds. The topological polar surface area (TPSA) is 87.2 Å². The van der Waals surface area contributed by atoms with E-state index in [1.54, 1.807) is 24.0 Å². The zero-order valence-electron chi connectivity index (χ0n) is 15.6. The molecule has 1 aromatic carbocycles. The Labute approximate surface area is 162 Å². The minimum atomic E-state index is -0.383. The van der Waals surface area contributed by atoms with Crippen LogP contribution in [0.1, 0.15) is 17.3 Å². The van der Waals surface area contributed by atoms with Crippen LogP contribution >= 0.6 is 0 Å². The number of aryl methyl sites for hydroxylation is 1. The maximum atomic E-state index is 13.9. The highest BCUT2D eigenvalue weighted by atomic mass is 19.1. The fourth-order valence-corrected chi connectivity index (χ4v) is 3.13. The van der Waals surface area contributed by atoms with Crippen LogP contribution in [0.2, 0.25) is 0 Å². The van der Waals surface area contributed by atoms with Crippen molar-refractivity contribution >= 4 is 0 Å². The summed E-state index contributed by atoms with van der Waals surface area (Å²) in [6.07, 6.45) is 2.54. The number of halogens is 1. The second-order valence-corrected chi connectivity index (χ2v) is 6.64. The lowest BCUT2D eigenvalue weighted by Gasteiger charge is -2.11. The first kappa shape index (κ1) is 18.5. The van der Waals surface area contributed by atoms with Crippen LogP contribution in [0.4, 0.5) is 4.39 Å². The molecule has 8 heteroatoms. The molecule has 28 heavy (non-hydrogen) atoms. The monoisotopic (exact) mass is 383 g/mol. The number of hydrogen-bond acceptors (Lipinski definition) is 6. The third-order valence-corrected chi connectivity index (χ3v) is 4.62. The first-order valence-corrected chi connectivity index (χ1v) is 9.12. The van der Waals surface area contributed by atoms with E-state index in [0.29, 0.717) is 42.8 Å². The van der Waals surface area contributed by atoms with Crippen LogP contribution in [0.25, 0.3) is 11.3 Å². The molecule has 4 rings (SSSR count). The van der Waals surface area contributed by atoms with Gasteiger partial charge in [0, 0.05) is 30.9 Å². The highest BCUT2D eigenvalue weighted by molar-refractivity contribution is 5.67. The number of nitrogens with zero attached hydrogens (tertiary/aromatic N) is 3. The van der Waals surface area contributed by atoms with Crippen molar-refractivity contribution in [1.82, 2.24) is 20.1 Å². The maximum absolute atomic E-state index is 13.9. The van der Waals surface area contributed by atoms with Gasteiger partial charge < -0.3 is 15.2 Å². The summed E-state index contributed by atoms with van der Waals surface area (Å²) >= 11 is 0. The number of hydrogen-bond donors (Lipinski definition) is 2. The van der Waals surface area contributed by atoms with Gasteiger partial charge in [-0.15, -0.1) is 0 Å². The van der Waals surface area contributed by atoms with Gasteiger partial charge in [0.1, 0.15) is 11.6 Å². The van der Waals surface area contributed by atoms with Gasteiger partial charge in [-0.3, -0.25) is 10.3 Å². The van der Waals surface area contributed by atoms with E-state index in [1.165, 1.54) is 12.1 Å². The number of nitrogens with one attached hydrogen (secondary N) is 1. The normalized spacial score (nSPS) is 16.5. The molecule has 3 N–H and O–H groups in total. The van der Waals surface area contributed by atoms with Gasteiger partial charge in [0.15, 0.2) is 0 Å². The molecule has 1 aliphatic heterocycles. The summed E-state index contributed by atoms with van der Waals surface area (Å²) in [7, 11) is 1.79. The molecule has 3 heterocycles. The van der Waals surface area contributed by atoms with Crippen LogP contribution < -0.4 is 15.8 Å². The van der Waals surface area contributed by atoms with E-state index in [4.69, 9.17) is 15.2 Å². The Morgan fingerprint density at radius 2 is 2.21 bits per heavy atom. The van der Waals surface area contributed by atoms with Crippen molar-refractivity contribution in [3.63, 3.8) is 0 Å². The van der Waals surface area contributed by atoms with Gasteiger partial charge in [-0.25, -0.2) is 9.07 Å². The van der Waals surface area contributed by atoms with Crippen molar-refractivity contribution in [2.75, 3.05) is 19.9 Å². The molecule has 0 aliphatic carbocycles. The lowest BCUT2D eigenvalue weighted by atomic mass is 10.1. The van der Waals surface area contributed by atoms with Crippen molar-refractivity contribution in [3.8, 4) is 22.9 Å². The van der Waals surface area contributed by atoms with Crippen molar-refractivity contribution in [3.05, 3.63) is 59.7 Å². The summed E-state index contributed by atoms with van der Waals surface area (Å²) in [5.41, 5.74) is 8.86. The van der Waals surface area contributed by atoms with Crippen LogP contribution in [-0.4, -0.2) is 34.6 Å². The number of pyridine rings is 1. The van der Waals surface area contributed by atoms with Crippen molar-refractivity contribution in [2.45, 2.75) is 12.5 Å². The van der Waals surface area contributed by atoms with Crippen molar-refractivity contribution in [2.24, 2.45) is 12.8 Å². The van der Waals surface area contributed by atoms with E-state index in [9.17, 15) is 4.39 Å². The van der Waals surface area contributed by atoms with Crippen molar-refractivity contribution < 1.29 is 13.9 Å². The third kappa shape index (κ3) is 3.89. The molecule has 3 aromatic rings. The largest absolute Gasteiger partial charge is 0.438 e. The molecular weight excluding hydrogens is 361 g/mol. The number of nitrogens with two attached hydrogens (primary N) is 1.